The first-order valence-electron chi connectivity index (χ1n) is 10.5. The fraction of sp³-hybridized carbons (Fsp3) is 0.125. The average Bonchev–Trinajstić information content (AvgIpc) is 3.49. The van der Waals surface area contributed by atoms with Crippen LogP contribution in [0.4, 0.5) is 4.39 Å². The summed E-state index contributed by atoms with van der Waals surface area (Å²) in [5.41, 5.74) is 2.21. The van der Waals surface area contributed by atoms with Gasteiger partial charge in [0.1, 0.15) is 29.0 Å². The van der Waals surface area contributed by atoms with Crippen LogP contribution in [-0.4, -0.2) is 41.0 Å². The Morgan fingerprint density at radius 1 is 1.09 bits per heavy atom. The first kappa shape index (κ1) is 21.8. The third-order valence-corrected chi connectivity index (χ3v) is 6.30. The Hall–Kier alpha value is -4.05. The lowest BCUT2D eigenvalue weighted by molar-refractivity contribution is -0.119. The molecule has 0 bridgehead atoms. The molecule has 10 heteroatoms. The summed E-state index contributed by atoms with van der Waals surface area (Å²) in [5.74, 6) is 0.423. The molecule has 3 aromatic heterocycles. The number of aryl methyl sites for hydroxylation is 1. The lowest BCUT2D eigenvalue weighted by atomic mass is 10.1. The molecule has 0 aliphatic rings. The van der Waals surface area contributed by atoms with E-state index in [0.717, 1.165) is 11.4 Å². The number of nitrogens with one attached hydrogen (secondary N) is 1. The molecule has 0 aliphatic carbocycles. The van der Waals surface area contributed by atoms with Crippen molar-refractivity contribution in [3.05, 3.63) is 96.7 Å². The number of carbonyl (C=O) groups is 1. The minimum atomic E-state index is -0.374. The number of thioether (sulfide) groups is 1. The smallest absolute Gasteiger partial charge is 0.231 e. The van der Waals surface area contributed by atoms with Crippen molar-refractivity contribution >= 4 is 28.7 Å². The number of hydrogen-bond donors (Lipinski definition) is 1. The molecule has 0 aliphatic heterocycles. The molecule has 0 saturated carbocycles. The maximum Gasteiger partial charge on any atom is 0.231 e. The molecule has 1 atom stereocenters. The second kappa shape index (κ2) is 9.44. The van der Waals surface area contributed by atoms with Gasteiger partial charge in [0, 0.05) is 19.4 Å². The molecular weight excluding hydrogens is 453 g/mol. The summed E-state index contributed by atoms with van der Waals surface area (Å²) in [5, 5.41) is 8.83. The summed E-state index contributed by atoms with van der Waals surface area (Å²) in [6, 6.07) is 15.4. The van der Waals surface area contributed by atoms with Crippen LogP contribution in [0.3, 0.4) is 0 Å². The van der Waals surface area contributed by atoms with Crippen LogP contribution in [0.15, 0.2) is 84.5 Å². The Labute approximate surface area is 198 Å². The first-order valence-corrected chi connectivity index (χ1v) is 11.5. The predicted molar refractivity (Wildman–Crippen MR) is 127 cm³/mol. The molecule has 8 nitrogen and oxygen atoms in total. The fourth-order valence-electron chi connectivity index (χ4n) is 3.64. The van der Waals surface area contributed by atoms with Crippen molar-refractivity contribution in [3.8, 4) is 5.69 Å². The number of rotatable bonds is 7. The third-order valence-electron chi connectivity index (χ3n) is 5.30. The van der Waals surface area contributed by atoms with Gasteiger partial charge in [0.25, 0.3) is 0 Å². The van der Waals surface area contributed by atoms with Gasteiger partial charge in [-0.05, 0) is 29.8 Å². The van der Waals surface area contributed by atoms with Crippen molar-refractivity contribution in [3.63, 3.8) is 0 Å². The molecule has 170 valence electrons. The zero-order chi connectivity index (χ0) is 23.5. The highest BCUT2D eigenvalue weighted by Crippen LogP contribution is 2.26. The summed E-state index contributed by atoms with van der Waals surface area (Å²) in [7, 11) is 1.90. The van der Waals surface area contributed by atoms with Gasteiger partial charge in [0.05, 0.1) is 23.0 Å². The number of amides is 1. The Bertz CT molecular complexity index is 1430. The number of fused-ring (bicyclic) bond motifs is 1. The molecule has 0 saturated heterocycles. The van der Waals surface area contributed by atoms with Gasteiger partial charge < -0.3 is 9.88 Å². The summed E-state index contributed by atoms with van der Waals surface area (Å²) >= 11 is 1.30. The van der Waals surface area contributed by atoms with Gasteiger partial charge in [-0.25, -0.2) is 24.0 Å². The quantitative estimate of drug-likeness (QED) is 0.286. The monoisotopic (exact) mass is 473 g/mol. The lowest BCUT2D eigenvalue weighted by Gasteiger charge is -2.19. The molecule has 2 aromatic carbocycles. The second-order valence-corrected chi connectivity index (χ2v) is 8.51. The average molecular weight is 474 g/mol. The molecule has 0 radical (unpaired) electrons. The molecule has 0 spiro atoms. The molecule has 34 heavy (non-hydrogen) atoms. The van der Waals surface area contributed by atoms with Gasteiger partial charge in [-0.1, -0.05) is 42.1 Å². The van der Waals surface area contributed by atoms with E-state index in [9.17, 15) is 9.18 Å². The van der Waals surface area contributed by atoms with Crippen molar-refractivity contribution in [2.75, 3.05) is 5.75 Å². The van der Waals surface area contributed by atoms with E-state index in [2.05, 4.69) is 25.4 Å². The molecule has 1 amide bonds. The van der Waals surface area contributed by atoms with Crippen molar-refractivity contribution < 1.29 is 9.18 Å². The normalized spacial score (nSPS) is 12.1. The first-order chi connectivity index (χ1) is 16.6. The van der Waals surface area contributed by atoms with E-state index in [4.69, 9.17) is 0 Å². The molecular formula is C24H20FN7OS. The molecule has 5 rings (SSSR count). The van der Waals surface area contributed by atoms with Crippen LogP contribution >= 0.6 is 11.8 Å². The maximum absolute atomic E-state index is 13.3. The van der Waals surface area contributed by atoms with Crippen LogP contribution in [0.5, 0.6) is 0 Å². The summed E-state index contributed by atoms with van der Waals surface area (Å²) in [6.45, 7) is 0. The van der Waals surface area contributed by atoms with Crippen LogP contribution in [0.1, 0.15) is 17.4 Å². The van der Waals surface area contributed by atoms with E-state index in [1.807, 2.05) is 48.1 Å². The molecule has 5 aromatic rings. The highest BCUT2D eigenvalue weighted by Gasteiger charge is 2.21. The van der Waals surface area contributed by atoms with Crippen molar-refractivity contribution in [2.24, 2.45) is 7.05 Å². The van der Waals surface area contributed by atoms with E-state index in [1.54, 1.807) is 29.2 Å². The van der Waals surface area contributed by atoms with Crippen molar-refractivity contribution in [1.82, 2.24) is 34.6 Å². The summed E-state index contributed by atoms with van der Waals surface area (Å²) in [4.78, 5) is 26.0. The molecule has 1 unspecified atom stereocenters. The Morgan fingerprint density at radius 2 is 1.88 bits per heavy atom. The fourth-order valence-corrected chi connectivity index (χ4v) is 4.42. The van der Waals surface area contributed by atoms with Gasteiger partial charge in [-0.2, -0.15) is 5.10 Å². The summed E-state index contributed by atoms with van der Waals surface area (Å²) < 4.78 is 16.8. The number of aromatic nitrogens is 6. The summed E-state index contributed by atoms with van der Waals surface area (Å²) in [6.07, 6.45) is 6.65. The van der Waals surface area contributed by atoms with Crippen molar-refractivity contribution in [2.45, 2.75) is 11.1 Å². The Balaban J connectivity index is 1.34. The number of hydrogen-bond acceptors (Lipinski definition) is 6. The molecule has 0 fully saturated rings. The zero-order valence-corrected chi connectivity index (χ0v) is 19.0. The van der Waals surface area contributed by atoms with E-state index in [-0.39, 0.29) is 23.5 Å². The lowest BCUT2D eigenvalue weighted by Crippen LogP contribution is -2.32. The van der Waals surface area contributed by atoms with Gasteiger partial charge in [0.15, 0.2) is 5.65 Å². The molecule has 3 heterocycles. The Kier molecular flexibility index (Phi) is 6.05. The Morgan fingerprint density at radius 3 is 2.62 bits per heavy atom. The van der Waals surface area contributed by atoms with E-state index < -0.39 is 0 Å². The largest absolute Gasteiger partial charge is 0.341 e. The number of carbonyl (C=O) groups excluding carboxylic acids is 1. The minimum absolute atomic E-state index is 0.153. The van der Waals surface area contributed by atoms with E-state index in [0.29, 0.717) is 21.7 Å². The topological polar surface area (TPSA) is 90.5 Å². The highest BCUT2D eigenvalue weighted by atomic mass is 32.2. The highest BCUT2D eigenvalue weighted by molar-refractivity contribution is 8.00. The predicted octanol–water partition coefficient (Wildman–Crippen LogP) is 3.69. The van der Waals surface area contributed by atoms with Gasteiger partial charge in [-0.3, -0.25) is 4.79 Å². The van der Waals surface area contributed by atoms with Crippen LogP contribution < -0.4 is 5.32 Å². The number of benzene rings is 2. The standard InChI is InChI=1S/C24H20FN7OS/c1-31-12-11-26-23(31)21(16-5-3-2-4-6-16)30-20(33)14-34-24-19-13-29-32(22(19)27-15-28-24)18-9-7-17(25)8-10-18/h2-13,15,21H,14H2,1H3,(H,30,33). The zero-order valence-electron chi connectivity index (χ0n) is 18.2. The SMILES string of the molecule is Cn1ccnc1C(NC(=O)CSc1ncnc2c1cnn2-c1ccc(F)cc1)c1ccccc1. The minimum Gasteiger partial charge on any atom is -0.341 e. The van der Waals surface area contributed by atoms with Gasteiger partial charge in [0.2, 0.25) is 5.91 Å². The third kappa shape index (κ3) is 4.40. The van der Waals surface area contributed by atoms with Crippen LogP contribution in [-0.2, 0) is 11.8 Å². The molecule has 1 N–H and O–H groups in total. The van der Waals surface area contributed by atoms with E-state index in [1.165, 1.54) is 30.2 Å². The van der Waals surface area contributed by atoms with E-state index >= 15 is 0 Å². The van der Waals surface area contributed by atoms with Crippen molar-refractivity contribution in [1.29, 1.82) is 0 Å². The van der Waals surface area contributed by atoms with Crippen LogP contribution in [0.25, 0.3) is 16.7 Å². The number of halogens is 1. The maximum atomic E-state index is 13.3. The second-order valence-electron chi connectivity index (χ2n) is 7.55. The van der Waals surface area contributed by atoms with Gasteiger partial charge in [-0.15, -0.1) is 0 Å². The van der Waals surface area contributed by atoms with Crippen LogP contribution in [0, 0.1) is 5.82 Å². The number of imidazole rings is 1. The van der Waals surface area contributed by atoms with Crippen LogP contribution in [0.2, 0.25) is 0 Å². The van der Waals surface area contributed by atoms with Gasteiger partial charge >= 0.3 is 0 Å². The number of nitrogens with zero attached hydrogens (tertiary/aromatic N) is 6.